The maximum Gasteiger partial charge on any atom is 0.530 e. The number of H-pyrrole nitrogens is 3. The van der Waals surface area contributed by atoms with Gasteiger partial charge in [-0.2, -0.15) is 0 Å². The van der Waals surface area contributed by atoms with Gasteiger partial charge >= 0.3 is 48.4 Å². The molecular formula is C65H58F12N8O31P4S4. The van der Waals surface area contributed by atoms with Crippen LogP contribution >= 0.6 is 80.2 Å². The van der Waals surface area contributed by atoms with E-state index < -0.39 is 257 Å². The molecule has 0 bridgehead atoms. The van der Waals surface area contributed by atoms with Crippen LogP contribution in [0, 0.1) is 54.6 Å². The minimum atomic E-state index is -4.93. The number of hydrogen-bond donors (Lipinski definition) is 12. The van der Waals surface area contributed by atoms with E-state index in [0.717, 1.165) is 66.7 Å². The molecule has 9 aliphatic rings. The Kier molecular flexibility index (Phi) is 24.6. The zero-order valence-electron chi connectivity index (χ0n) is 66.7. The topological polar surface area (TPSA) is 506 Å². The average Bonchev–Trinajstić information content (AvgIpc) is 1.56. The molecule has 672 valence electrons. The summed E-state index contributed by atoms with van der Waals surface area (Å²) in [4.78, 5) is 41.8. The molecule has 0 aliphatic carbocycles. The standard InChI is InChI=1S/C17H16F3N2O7PS.3C16H14F3N2O8PS/c1-8-21-15(31)11(19)5-22(8)16-13(23)14(24)17(20,28-16)7-27-30(25)26-6-9-4-10(18)2-3-12(9)29-30;3*17-8-1-2-10-7(3-8)5-26-30(25,29-10)27-6-16(19)12(23)11(22)14(28-16)21-4-9(18)13(31)20-15(21)24/h2-5,13-14,16,23-24H,1,6-7H2,(H,21,31);3*1-4,11-12,14,22-23H,5-6H2,(H,20,24,31)/t13-,14+,16-,17-,30?;3*11-,12+,14-,16-,30?/m1111/s1/i7D2,16D;14D;6D2;. The van der Waals surface area contributed by atoms with Crippen LogP contribution in [0.25, 0.3) is 0 Å². The minimum absolute atomic E-state index is 0.0174. The van der Waals surface area contributed by atoms with Crippen LogP contribution in [0.5, 0.6) is 23.0 Å². The van der Waals surface area contributed by atoms with Crippen molar-refractivity contribution in [1.29, 1.82) is 0 Å². The summed E-state index contributed by atoms with van der Waals surface area (Å²) in [5, 5.41) is 83.8. The fourth-order valence-electron chi connectivity index (χ4n) is 11.5. The molecule has 124 heavy (non-hydrogen) atoms. The number of phosphoric ester groups is 4. The number of ether oxygens (including phenoxy) is 4. The fraction of sp³-hybridized carbons (Fsp3) is 0.369. The van der Waals surface area contributed by atoms with Crippen molar-refractivity contribution in [3.63, 3.8) is 0 Å². The number of hydrogen-bond acceptors (Lipinski definition) is 36. The molecule has 39 nitrogen and oxygen atoms in total. The van der Waals surface area contributed by atoms with Crippen molar-refractivity contribution < 1.29 is 193 Å². The summed E-state index contributed by atoms with van der Waals surface area (Å²) in [5.41, 5.74) is -2.79. The third kappa shape index (κ3) is 19.6. The van der Waals surface area contributed by atoms with Crippen LogP contribution in [0.2, 0.25) is 0 Å². The summed E-state index contributed by atoms with van der Waals surface area (Å²) in [7, 11) is -18.7. The molecule has 7 aromatic rings. The fourth-order valence-corrected chi connectivity index (χ4v) is 16.8. The van der Waals surface area contributed by atoms with Gasteiger partial charge in [-0.1, -0.05) is 55.5 Å². The van der Waals surface area contributed by atoms with Crippen LogP contribution in [0.4, 0.5) is 52.7 Å². The zero-order valence-corrected chi connectivity index (χ0v) is 67.5. The van der Waals surface area contributed by atoms with Crippen molar-refractivity contribution in [2.24, 2.45) is 0 Å². The second-order valence-electron chi connectivity index (χ2n) is 26.2. The Balaban J connectivity index is 0.000000148. The van der Waals surface area contributed by atoms with Gasteiger partial charge in [-0.15, -0.1) is 0 Å². The Morgan fingerprint density at radius 1 is 0.452 bits per heavy atom. The van der Waals surface area contributed by atoms with Gasteiger partial charge in [0.25, 0.3) is 23.4 Å². The SMILES string of the molecule is O=c1[nH]c(=S)c(F)cn1[C@@H]1O[C@](F)(COP2(=O)OCc3cc(F)ccc3O2)[C@@H](O)[C@H]1O.[2H]C([2H])(OP1(=O)OCc2cc(F)ccc2O1)[C@@]1(F)O[C@@H](n2cc(F)c(=S)[nH]c2=O)[C@H](O)[C@@H]1O.[2H]C([2H])(OP1(=O)OCc2cc(F)ccc2O1)[C@@]1(F)O[C@@]([2H])(N2C=C(F)C(=S)NC2=C)[C@H](O)[C@@H]1O.[2H][C@@]1(n2cc(F)c(=S)[nH]c2=O)O[C@](F)(COP2(=O)OCc3cc(F)ccc3O2)[C@@H](O)[C@H]1O. The molecule has 0 radical (unpaired) electrons. The van der Waals surface area contributed by atoms with E-state index in [1.54, 1.807) is 0 Å². The van der Waals surface area contributed by atoms with Gasteiger partial charge in [-0.25, -0.2) is 85.3 Å². The first-order chi connectivity index (χ1) is 60.3. The predicted molar refractivity (Wildman–Crippen MR) is 394 cm³/mol. The molecule has 0 spiro atoms. The average molecular weight is 1930 g/mol. The Bertz CT molecular complexity index is 6360. The van der Waals surface area contributed by atoms with Gasteiger partial charge in [0.05, 0.1) is 53.2 Å². The van der Waals surface area contributed by atoms with Crippen LogP contribution in [0.15, 0.2) is 130 Å². The Morgan fingerprint density at radius 2 is 0.750 bits per heavy atom. The van der Waals surface area contributed by atoms with E-state index in [-0.39, 0.29) is 62.2 Å². The molecule has 20 atom stereocenters. The molecular weight excluding hydrogens is 1870 g/mol. The van der Waals surface area contributed by atoms with E-state index in [1.807, 2.05) is 15.0 Å². The molecule has 4 aromatic carbocycles. The molecule has 0 saturated carbocycles. The Hall–Kier alpha value is -8.17. The third-order valence-corrected chi connectivity index (χ3v) is 23.9. The molecule has 4 fully saturated rings. The highest BCUT2D eigenvalue weighted by Gasteiger charge is 2.63. The number of benzene rings is 4. The number of phosphoric acid groups is 4. The second-order valence-corrected chi connectivity index (χ2v) is 34.1. The smallest absolute Gasteiger partial charge is 0.404 e. The van der Waals surface area contributed by atoms with Crippen LogP contribution in [-0.2, 0) is 99.8 Å². The molecule has 12 N–H and O–H groups in total. The number of nitrogens with zero attached hydrogens (tertiary/aromatic N) is 4. The lowest BCUT2D eigenvalue weighted by atomic mass is 10.1. The Morgan fingerprint density at radius 3 is 1.14 bits per heavy atom. The van der Waals surface area contributed by atoms with Crippen molar-refractivity contribution in [2.45, 2.75) is 124 Å². The summed E-state index contributed by atoms with van der Waals surface area (Å²) < 4.78 is 346. The number of rotatable bonds is 16. The van der Waals surface area contributed by atoms with Crippen molar-refractivity contribution in [3.8, 4) is 23.0 Å². The second kappa shape index (κ2) is 35.8. The molecule has 0 amide bonds. The number of aliphatic hydroxyl groups is 8. The molecule has 3 aromatic heterocycles. The van der Waals surface area contributed by atoms with Gasteiger partial charge in [0.1, 0.15) is 146 Å². The summed E-state index contributed by atoms with van der Waals surface area (Å²) in [6.45, 7) is -8.79. The van der Waals surface area contributed by atoms with Crippen molar-refractivity contribution >= 4 is 85.2 Å². The van der Waals surface area contributed by atoms with Gasteiger partial charge in [0, 0.05) is 28.5 Å². The van der Waals surface area contributed by atoms with E-state index in [1.165, 1.54) is 6.07 Å². The minimum Gasteiger partial charge on any atom is -0.404 e. The number of aromatic amines is 3. The van der Waals surface area contributed by atoms with Gasteiger partial charge in [-0.3, -0.25) is 64.8 Å². The maximum absolute atomic E-state index is 15.8. The van der Waals surface area contributed by atoms with Crippen LogP contribution in [0.1, 0.15) is 49.1 Å². The number of thiocarbonyl (C=S) groups is 1. The third-order valence-electron chi connectivity index (χ3n) is 17.8. The highest BCUT2D eigenvalue weighted by molar-refractivity contribution is 7.80. The molecule has 4 saturated heterocycles. The van der Waals surface area contributed by atoms with E-state index in [2.05, 4.69) is 69.8 Å². The summed E-state index contributed by atoms with van der Waals surface area (Å²) in [6.07, 6.45) is -27.8. The molecule has 16 rings (SSSR count). The number of halogens is 12. The van der Waals surface area contributed by atoms with Gasteiger partial charge in [-0.05, 0) is 72.8 Å². The molecule has 9 aliphatic heterocycles. The van der Waals surface area contributed by atoms with Gasteiger partial charge in [0.15, 0.2) is 48.1 Å². The van der Waals surface area contributed by atoms with Gasteiger partial charge < -0.3 is 88.1 Å². The van der Waals surface area contributed by atoms with E-state index in [0.29, 0.717) is 38.8 Å². The van der Waals surface area contributed by atoms with Gasteiger partial charge in [0.2, 0.25) is 0 Å². The first kappa shape index (κ1) is 85.3. The normalized spacial score (nSPS) is 35.3. The molecule has 12 heterocycles. The first-order valence-corrected chi connectivity index (χ1v) is 41.5. The molecule has 4 unspecified atom stereocenters. The summed E-state index contributed by atoms with van der Waals surface area (Å²) in [6, 6.07) is 12.5. The number of nitrogens with one attached hydrogen (secondary N) is 4. The summed E-state index contributed by atoms with van der Waals surface area (Å²) >= 11 is 18.3. The largest absolute Gasteiger partial charge is 0.530 e. The van der Waals surface area contributed by atoms with Crippen molar-refractivity contribution in [2.75, 3.05) is 26.3 Å². The number of alkyl halides is 4. The molecule has 59 heteroatoms. The van der Waals surface area contributed by atoms with E-state index in [4.69, 9.17) is 72.4 Å². The summed E-state index contributed by atoms with van der Waals surface area (Å²) in [5.74, 6) is -22.5. The highest BCUT2D eigenvalue weighted by Crippen LogP contribution is 2.60. The van der Waals surface area contributed by atoms with Crippen molar-refractivity contribution in [3.05, 3.63) is 224 Å². The lowest BCUT2D eigenvalue weighted by Gasteiger charge is -2.34. The first-order valence-electron chi connectivity index (χ1n) is 37.0. The lowest BCUT2D eigenvalue weighted by Crippen LogP contribution is -2.47. The van der Waals surface area contributed by atoms with Crippen molar-refractivity contribution in [1.82, 2.24) is 38.9 Å². The predicted octanol–water partition coefficient (Wildman–Crippen LogP) is 7.62. The number of aromatic nitrogens is 6. The van der Waals surface area contributed by atoms with Crippen LogP contribution < -0.4 is 40.5 Å². The van der Waals surface area contributed by atoms with E-state index >= 15 is 17.6 Å². The number of fused-ring (bicyclic) bond motifs is 4. The Labute approximate surface area is 711 Å². The van der Waals surface area contributed by atoms with Crippen LogP contribution in [0.3, 0.4) is 0 Å². The zero-order chi connectivity index (χ0) is 95.6. The highest BCUT2D eigenvalue weighted by atomic mass is 32.1. The maximum atomic E-state index is 15.8. The lowest BCUT2D eigenvalue weighted by molar-refractivity contribution is -0.207. The monoisotopic (exact) mass is 1930 g/mol. The van der Waals surface area contributed by atoms with Crippen LogP contribution in [-0.4, -0.2) is 184 Å². The quantitative estimate of drug-likeness (QED) is 0.0251. The van der Waals surface area contributed by atoms with E-state index in [9.17, 15) is 109 Å². The number of aliphatic hydroxyl groups excluding tert-OH is 8.